The fourth-order valence-corrected chi connectivity index (χ4v) is 26.3. The molecule has 0 saturated carbocycles. The van der Waals surface area contributed by atoms with E-state index in [0.29, 0.717) is 42.2 Å². The molecule has 0 aromatic carbocycles. The second-order valence-corrected chi connectivity index (χ2v) is 38.5. The molecule has 0 unspecified atom stereocenters. The van der Waals surface area contributed by atoms with Crippen LogP contribution in [0.3, 0.4) is 0 Å². The summed E-state index contributed by atoms with van der Waals surface area (Å²) in [5.41, 5.74) is 0.293. The fourth-order valence-electron chi connectivity index (χ4n) is 4.60. The smallest absolute Gasteiger partial charge is 0.466 e. The number of rotatable bonds is 30. The van der Waals surface area contributed by atoms with Gasteiger partial charge in [-0.25, -0.2) is 4.79 Å². The Kier molecular flexibility index (Phi) is 24.6. The molecule has 0 radical (unpaired) electrons. The highest BCUT2D eigenvalue weighted by Crippen LogP contribution is 2.32. The number of carbonyl (C=O) groups excluding carboxylic acids is 5. The molecule has 0 aliphatic rings. The van der Waals surface area contributed by atoms with E-state index in [1.807, 2.05) is 52.4 Å². The zero-order valence-electron chi connectivity index (χ0n) is 35.5. The maximum absolute atomic E-state index is 11.8. The summed E-state index contributed by atoms with van der Waals surface area (Å²) in [6, 6.07) is 2.15. The SMILES string of the molecule is C=C(C)C(=O)OCCOCCC[Si](O[SiH](O[Si](C)(C)CCOC(C)=O)O[Si](C)(C)CCOC(C)=O)(O[Si](C)(C)CCOC(C)=O)O[Si](C)(C)CCOC(C)=O. The third-order valence-corrected chi connectivity index (χ3v) is 29.9. The molecule has 0 rings (SSSR count). The molecule has 16 nitrogen and oxygen atoms in total. The summed E-state index contributed by atoms with van der Waals surface area (Å²) in [6.45, 7) is 27.6. The average Bonchev–Trinajstić information content (AvgIpc) is 2.98. The number of esters is 5. The summed E-state index contributed by atoms with van der Waals surface area (Å²) < 4.78 is 67.2. The highest BCUT2D eigenvalue weighted by atomic mass is 28.5. The largest absolute Gasteiger partial charge is 0.472 e. The minimum absolute atomic E-state index is 0.0563. The van der Waals surface area contributed by atoms with Gasteiger partial charge >= 0.3 is 48.2 Å². The molecule has 0 saturated heterocycles. The van der Waals surface area contributed by atoms with Crippen molar-refractivity contribution in [3.63, 3.8) is 0 Å². The van der Waals surface area contributed by atoms with E-state index in [1.165, 1.54) is 27.7 Å². The van der Waals surface area contributed by atoms with E-state index in [1.54, 1.807) is 6.92 Å². The van der Waals surface area contributed by atoms with Crippen molar-refractivity contribution in [3.05, 3.63) is 12.2 Å². The van der Waals surface area contributed by atoms with Gasteiger partial charge in [0.1, 0.15) is 6.61 Å². The summed E-state index contributed by atoms with van der Waals surface area (Å²) in [4.78, 5) is 58.3. The molecule has 320 valence electrons. The van der Waals surface area contributed by atoms with Gasteiger partial charge in [0.2, 0.25) is 0 Å². The molecule has 0 amide bonds. The fraction of sp³-hybridized carbons (Fsp3) is 0.788. The van der Waals surface area contributed by atoms with Crippen molar-refractivity contribution in [2.45, 2.75) is 124 Å². The van der Waals surface area contributed by atoms with Crippen LogP contribution in [-0.2, 0) is 73.0 Å². The molecule has 0 aromatic rings. The maximum atomic E-state index is 11.8. The molecule has 22 heteroatoms. The Bertz CT molecular complexity index is 1180. The van der Waals surface area contributed by atoms with Crippen molar-refractivity contribution in [1.29, 1.82) is 0 Å². The number of hydrogen-bond acceptors (Lipinski definition) is 16. The normalized spacial score (nSPS) is 12.6. The van der Waals surface area contributed by atoms with Gasteiger partial charge in [0.15, 0.2) is 33.3 Å². The van der Waals surface area contributed by atoms with Gasteiger partial charge in [-0.1, -0.05) is 6.58 Å². The minimum Gasteiger partial charge on any atom is -0.466 e. The first-order chi connectivity index (χ1) is 25.2. The highest BCUT2D eigenvalue weighted by molar-refractivity contribution is 6.89. The topological polar surface area (TPSA) is 187 Å². The van der Waals surface area contributed by atoms with Gasteiger partial charge in [-0.2, -0.15) is 0 Å². The minimum atomic E-state index is -3.83. The molecular formula is C33H68O16Si6. The Morgan fingerprint density at radius 3 is 1.16 bits per heavy atom. The lowest BCUT2D eigenvalue weighted by Crippen LogP contribution is -2.63. The molecule has 0 atom stereocenters. The van der Waals surface area contributed by atoms with Crippen LogP contribution >= 0.6 is 0 Å². The number of hydrogen-bond donors (Lipinski definition) is 0. The zero-order valence-corrected chi connectivity index (χ0v) is 41.7. The quantitative estimate of drug-likeness (QED) is 0.0296. The van der Waals surface area contributed by atoms with Crippen LogP contribution in [-0.4, -0.2) is 128 Å². The molecule has 0 fully saturated rings. The predicted molar refractivity (Wildman–Crippen MR) is 220 cm³/mol. The van der Waals surface area contributed by atoms with E-state index in [-0.39, 0.29) is 46.2 Å². The van der Waals surface area contributed by atoms with Crippen molar-refractivity contribution in [3.8, 4) is 0 Å². The van der Waals surface area contributed by atoms with Gasteiger partial charge in [-0.3, -0.25) is 19.2 Å². The first-order valence-electron chi connectivity index (χ1n) is 18.6. The van der Waals surface area contributed by atoms with E-state index in [4.69, 9.17) is 49.0 Å². The van der Waals surface area contributed by atoms with Crippen LogP contribution in [0.4, 0.5) is 0 Å². The Labute approximate surface area is 335 Å². The second-order valence-electron chi connectivity index (χ2n) is 15.6. The summed E-state index contributed by atoms with van der Waals surface area (Å²) in [5, 5.41) is 0. The molecule has 0 spiro atoms. The van der Waals surface area contributed by atoms with Gasteiger partial charge in [-0.05, 0) is 89.9 Å². The van der Waals surface area contributed by atoms with Crippen LogP contribution in [0.2, 0.25) is 82.6 Å². The molecule has 0 N–H and O–H groups in total. The summed E-state index contributed by atoms with van der Waals surface area (Å²) >= 11 is 0. The van der Waals surface area contributed by atoms with Crippen LogP contribution in [0, 0.1) is 0 Å². The molecule has 0 heterocycles. The van der Waals surface area contributed by atoms with Crippen LogP contribution in [0.25, 0.3) is 0 Å². The maximum Gasteiger partial charge on any atom is 0.472 e. The zero-order chi connectivity index (χ0) is 42.5. The Morgan fingerprint density at radius 1 is 0.455 bits per heavy atom. The highest BCUT2D eigenvalue weighted by Gasteiger charge is 2.53. The van der Waals surface area contributed by atoms with Crippen molar-refractivity contribution in [2.75, 3.05) is 46.2 Å². The predicted octanol–water partition coefficient (Wildman–Crippen LogP) is 5.32. The third-order valence-electron chi connectivity index (χ3n) is 7.59. The first-order valence-corrected chi connectivity index (χ1v) is 34.4. The standard InChI is InChI=1S/C33H68O16Si6/c1-28(2)33(38)44-18-17-39-16-15-23-55(48-53(11,12)26-21-42-31(5)36,49-54(13,14)27-22-43-32(6)37)47-50(45-51(7,8)24-19-40-29(3)34)46-52(9,10)25-20-41-30(4)35/h50H,1,15-27H2,2-14H3. The third kappa shape index (κ3) is 28.2. The van der Waals surface area contributed by atoms with Crippen molar-refractivity contribution < 1.29 is 73.0 Å². The van der Waals surface area contributed by atoms with E-state index >= 15 is 0 Å². The van der Waals surface area contributed by atoms with Crippen LogP contribution in [0.15, 0.2) is 12.2 Å². The number of ether oxygens (including phenoxy) is 6. The Hall–Kier alpha value is -1.85. The average molecular weight is 889 g/mol. The van der Waals surface area contributed by atoms with E-state index < -0.39 is 81.4 Å². The Balaban J connectivity index is 6.96. The monoisotopic (exact) mass is 888 g/mol. The molecule has 0 bridgehead atoms. The van der Waals surface area contributed by atoms with E-state index in [0.717, 1.165) is 0 Å². The van der Waals surface area contributed by atoms with Crippen molar-refractivity contribution >= 4 is 81.4 Å². The second kappa shape index (κ2) is 25.5. The molecule has 0 aliphatic carbocycles. The van der Waals surface area contributed by atoms with E-state index in [2.05, 4.69) is 6.58 Å². The van der Waals surface area contributed by atoms with Crippen LogP contribution < -0.4 is 0 Å². The summed E-state index contributed by atoms with van der Waals surface area (Å²) in [6.07, 6.45) is 0.436. The lowest BCUT2D eigenvalue weighted by atomic mass is 10.4. The van der Waals surface area contributed by atoms with Crippen LogP contribution in [0.1, 0.15) is 41.0 Å². The lowest BCUT2D eigenvalue weighted by Gasteiger charge is -2.44. The van der Waals surface area contributed by atoms with Gasteiger partial charge in [0, 0.05) is 45.9 Å². The number of carbonyl (C=O) groups is 5. The van der Waals surface area contributed by atoms with Gasteiger partial charge in [0.05, 0.1) is 33.0 Å². The summed E-state index contributed by atoms with van der Waals surface area (Å²) in [7, 11) is -17.7. The lowest BCUT2D eigenvalue weighted by molar-refractivity contribution is -0.141. The molecular weight excluding hydrogens is 821 g/mol. The molecule has 0 aliphatic heterocycles. The van der Waals surface area contributed by atoms with Gasteiger partial charge in [0.25, 0.3) is 0 Å². The van der Waals surface area contributed by atoms with Crippen molar-refractivity contribution in [1.82, 2.24) is 0 Å². The first kappa shape index (κ1) is 53.2. The molecule has 0 aromatic heterocycles. The van der Waals surface area contributed by atoms with Crippen LogP contribution in [0.5, 0.6) is 0 Å². The Morgan fingerprint density at radius 2 is 0.818 bits per heavy atom. The van der Waals surface area contributed by atoms with Gasteiger partial charge in [-0.15, -0.1) is 0 Å². The van der Waals surface area contributed by atoms with E-state index in [9.17, 15) is 24.0 Å². The van der Waals surface area contributed by atoms with Crippen molar-refractivity contribution in [2.24, 2.45) is 0 Å². The summed E-state index contributed by atoms with van der Waals surface area (Å²) in [5.74, 6) is -2.08. The van der Waals surface area contributed by atoms with Gasteiger partial charge < -0.3 is 49.0 Å². The molecule has 55 heavy (non-hydrogen) atoms.